The maximum absolute atomic E-state index is 13.1. The molecule has 0 aliphatic heterocycles. The molecule has 3 heteroatoms. The summed E-state index contributed by atoms with van der Waals surface area (Å²) in [5.74, 6) is -0.860. The molecule has 0 saturated carbocycles. The van der Waals surface area contributed by atoms with Crippen molar-refractivity contribution in [2.75, 3.05) is 7.11 Å². The number of ether oxygens (including phenoxy) is 1. The van der Waals surface area contributed by atoms with Gasteiger partial charge in [-0.3, -0.25) is 0 Å². The molecule has 0 heterocycles. The maximum Gasteiger partial charge on any atom is 0.345 e. The number of hydrogen-bond donors (Lipinski definition) is 0. The summed E-state index contributed by atoms with van der Waals surface area (Å²) in [7, 11) is 1.16. The third kappa shape index (κ3) is 1.81. The Morgan fingerprint density at radius 1 is 1.42 bits per heavy atom. The van der Waals surface area contributed by atoms with Crippen LogP contribution in [0.1, 0.15) is 11.7 Å². The van der Waals surface area contributed by atoms with Gasteiger partial charge in [0.1, 0.15) is 0 Å². The standard InChI is InChI=1S/C9H9FO2/c1-12-9(11)8(10)7-5-3-2-4-6-7/h2-6,8H,1H3/t8-/m0/s1. The van der Waals surface area contributed by atoms with Gasteiger partial charge in [-0.05, 0) is 5.56 Å². The van der Waals surface area contributed by atoms with Gasteiger partial charge in [-0.1, -0.05) is 30.3 Å². The van der Waals surface area contributed by atoms with E-state index in [0.29, 0.717) is 5.56 Å². The van der Waals surface area contributed by atoms with Gasteiger partial charge in [0.2, 0.25) is 6.17 Å². The Morgan fingerprint density at radius 2 is 2.00 bits per heavy atom. The van der Waals surface area contributed by atoms with Crippen LogP contribution in [0.5, 0.6) is 0 Å². The lowest BCUT2D eigenvalue weighted by Gasteiger charge is -2.04. The smallest absolute Gasteiger partial charge is 0.345 e. The van der Waals surface area contributed by atoms with E-state index >= 15 is 0 Å². The van der Waals surface area contributed by atoms with Crippen molar-refractivity contribution in [3.8, 4) is 0 Å². The van der Waals surface area contributed by atoms with E-state index in [0.717, 1.165) is 7.11 Å². The lowest BCUT2D eigenvalue weighted by Crippen LogP contribution is -2.09. The number of rotatable bonds is 2. The zero-order chi connectivity index (χ0) is 8.97. The van der Waals surface area contributed by atoms with Crippen LogP contribution in [0, 0.1) is 0 Å². The normalized spacial score (nSPS) is 12.2. The van der Waals surface area contributed by atoms with E-state index in [1.807, 2.05) is 0 Å². The van der Waals surface area contributed by atoms with Gasteiger partial charge in [-0.25, -0.2) is 9.18 Å². The van der Waals surface area contributed by atoms with Gasteiger partial charge in [-0.15, -0.1) is 0 Å². The van der Waals surface area contributed by atoms with Crippen molar-refractivity contribution in [3.05, 3.63) is 35.9 Å². The summed E-state index contributed by atoms with van der Waals surface area (Å²) in [4.78, 5) is 10.7. The molecule has 0 aromatic heterocycles. The molecular formula is C9H9FO2. The fourth-order valence-electron chi connectivity index (χ4n) is 0.862. The quantitative estimate of drug-likeness (QED) is 0.630. The first kappa shape index (κ1) is 8.71. The van der Waals surface area contributed by atoms with Crippen molar-refractivity contribution in [1.29, 1.82) is 0 Å². The Morgan fingerprint density at radius 3 is 2.50 bits per heavy atom. The molecule has 0 bridgehead atoms. The summed E-state index contributed by atoms with van der Waals surface area (Å²) in [6.07, 6.45) is -1.67. The number of hydrogen-bond acceptors (Lipinski definition) is 2. The maximum atomic E-state index is 13.1. The van der Waals surface area contributed by atoms with E-state index in [1.165, 1.54) is 0 Å². The fourth-order valence-corrected chi connectivity index (χ4v) is 0.862. The SMILES string of the molecule is COC(=O)[C@@H](F)c1ccccc1. The van der Waals surface area contributed by atoms with E-state index in [4.69, 9.17) is 0 Å². The summed E-state index contributed by atoms with van der Waals surface area (Å²) in [6.45, 7) is 0. The highest BCUT2D eigenvalue weighted by Crippen LogP contribution is 2.17. The third-order valence-corrected chi connectivity index (χ3v) is 1.50. The molecule has 1 aromatic rings. The number of carbonyl (C=O) groups excluding carboxylic acids is 1. The van der Waals surface area contributed by atoms with Gasteiger partial charge >= 0.3 is 5.97 Å². The lowest BCUT2D eigenvalue weighted by atomic mass is 10.1. The Kier molecular flexibility index (Phi) is 2.80. The first-order valence-corrected chi connectivity index (χ1v) is 3.52. The van der Waals surface area contributed by atoms with Crippen LogP contribution in [-0.4, -0.2) is 13.1 Å². The summed E-state index contributed by atoms with van der Waals surface area (Å²) in [5, 5.41) is 0. The number of halogens is 1. The molecule has 0 unspecified atom stereocenters. The van der Waals surface area contributed by atoms with Crippen LogP contribution in [0.25, 0.3) is 0 Å². The highest BCUT2D eigenvalue weighted by Gasteiger charge is 2.18. The van der Waals surface area contributed by atoms with Crippen molar-refractivity contribution in [2.45, 2.75) is 6.17 Å². The molecular weight excluding hydrogens is 159 g/mol. The Hall–Kier alpha value is -1.38. The van der Waals surface area contributed by atoms with Crippen LogP contribution in [0.15, 0.2) is 30.3 Å². The molecule has 0 amide bonds. The molecule has 12 heavy (non-hydrogen) atoms. The van der Waals surface area contributed by atoms with Crippen molar-refractivity contribution >= 4 is 5.97 Å². The van der Waals surface area contributed by atoms with Crippen LogP contribution < -0.4 is 0 Å². The van der Waals surface area contributed by atoms with Crippen molar-refractivity contribution in [1.82, 2.24) is 0 Å². The molecule has 1 atom stereocenters. The van der Waals surface area contributed by atoms with Crippen LogP contribution in [-0.2, 0) is 9.53 Å². The second kappa shape index (κ2) is 3.85. The Bertz CT molecular complexity index is 258. The van der Waals surface area contributed by atoms with E-state index in [2.05, 4.69) is 4.74 Å². The Labute approximate surface area is 70.0 Å². The van der Waals surface area contributed by atoms with Gasteiger partial charge in [0.05, 0.1) is 7.11 Å². The molecule has 1 rings (SSSR count). The molecule has 0 aliphatic rings. The van der Waals surface area contributed by atoms with Crippen molar-refractivity contribution < 1.29 is 13.9 Å². The zero-order valence-corrected chi connectivity index (χ0v) is 6.66. The van der Waals surface area contributed by atoms with Crippen LogP contribution in [0.2, 0.25) is 0 Å². The number of carbonyl (C=O) groups is 1. The van der Waals surface area contributed by atoms with Crippen LogP contribution in [0.3, 0.4) is 0 Å². The summed E-state index contributed by atoms with van der Waals surface area (Å²) in [5.41, 5.74) is 0.323. The molecule has 64 valence electrons. The number of benzene rings is 1. The molecule has 0 aliphatic carbocycles. The van der Waals surface area contributed by atoms with Gasteiger partial charge in [-0.2, -0.15) is 0 Å². The van der Waals surface area contributed by atoms with E-state index in [1.54, 1.807) is 30.3 Å². The first-order valence-electron chi connectivity index (χ1n) is 3.52. The highest BCUT2D eigenvalue weighted by atomic mass is 19.1. The predicted molar refractivity (Wildman–Crippen MR) is 42.3 cm³/mol. The van der Waals surface area contributed by atoms with Crippen LogP contribution in [0.4, 0.5) is 4.39 Å². The topological polar surface area (TPSA) is 26.3 Å². The molecule has 1 aromatic carbocycles. The average molecular weight is 168 g/mol. The zero-order valence-electron chi connectivity index (χ0n) is 6.66. The minimum absolute atomic E-state index is 0.323. The van der Waals surface area contributed by atoms with Gasteiger partial charge < -0.3 is 4.74 Å². The summed E-state index contributed by atoms with van der Waals surface area (Å²) < 4.78 is 17.3. The molecule has 0 fully saturated rings. The summed E-state index contributed by atoms with van der Waals surface area (Å²) in [6, 6.07) is 8.19. The van der Waals surface area contributed by atoms with Gasteiger partial charge in [0, 0.05) is 0 Å². The fraction of sp³-hybridized carbons (Fsp3) is 0.222. The average Bonchev–Trinajstić information content (AvgIpc) is 2.17. The van der Waals surface area contributed by atoms with E-state index in [-0.39, 0.29) is 0 Å². The third-order valence-electron chi connectivity index (χ3n) is 1.50. The monoisotopic (exact) mass is 168 g/mol. The lowest BCUT2D eigenvalue weighted by molar-refractivity contribution is -0.146. The first-order chi connectivity index (χ1) is 5.75. The molecule has 2 nitrogen and oxygen atoms in total. The van der Waals surface area contributed by atoms with Crippen molar-refractivity contribution in [2.24, 2.45) is 0 Å². The Balaban J connectivity index is 2.78. The second-order valence-electron chi connectivity index (χ2n) is 2.30. The molecule has 0 saturated heterocycles. The number of methoxy groups -OCH3 is 1. The van der Waals surface area contributed by atoms with E-state index in [9.17, 15) is 9.18 Å². The number of esters is 1. The molecule has 0 spiro atoms. The molecule has 0 radical (unpaired) electrons. The van der Waals surface area contributed by atoms with Gasteiger partial charge in [0.15, 0.2) is 0 Å². The predicted octanol–water partition coefficient (Wildman–Crippen LogP) is 1.87. The molecule has 0 N–H and O–H groups in total. The van der Waals surface area contributed by atoms with E-state index < -0.39 is 12.1 Å². The number of alkyl halides is 1. The second-order valence-corrected chi connectivity index (χ2v) is 2.30. The van der Waals surface area contributed by atoms with Gasteiger partial charge in [0.25, 0.3) is 0 Å². The minimum Gasteiger partial charge on any atom is -0.467 e. The highest BCUT2D eigenvalue weighted by molar-refractivity contribution is 5.76. The van der Waals surface area contributed by atoms with Crippen LogP contribution >= 0.6 is 0 Å². The summed E-state index contributed by atoms with van der Waals surface area (Å²) >= 11 is 0. The van der Waals surface area contributed by atoms with Crippen molar-refractivity contribution in [3.63, 3.8) is 0 Å². The largest absolute Gasteiger partial charge is 0.467 e. The minimum atomic E-state index is -1.67.